The molecule has 1 heterocycles. The van der Waals surface area contributed by atoms with E-state index in [4.69, 9.17) is 4.74 Å². The minimum atomic E-state index is -0.624. The van der Waals surface area contributed by atoms with E-state index in [9.17, 15) is 14.4 Å². The van der Waals surface area contributed by atoms with Crippen LogP contribution in [0.5, 0.6) is 0 Å². The Kier molecular flexibility index (Phi) is 3.85. The molecule has 0 N–H and O–H groups in total. The lowest BCUT2D eigenvalue weighted by Gasteiger charge is -2.31. The number of ether oxygens (including phenoxy) is 1. The third-order valence-electron chi connectivity index (χ3n) is 4.05. The number of benzene rings is 1. The Morgan fingerprint density at radius 2 is 2.04 bits per heavy atom. The Labute approximate surface area is 133 Å². The van der Waals surface area contributed by atoms with Gasteiger partial charge in [-0.15, -0.1) is 0 Å². The van der Waals surface area contributed by atoms with Crippen LogP contribution in [0.15, 0.2) is 53.4 Å². The quantitative estimate of drug-likeness (QED) is 0.843. The van der Waals surface area contributed by atoms with Crippen LogP contribution in [0.2, 0.25) is 0 Å². The number of allylic oxidation sites excluding steroid dienone is 4. The molecule has 0 bridgehead atoms. The van der Waals surface area contributed by atoms with E-state index in [0.717, 1.165) is 16.7 Å². The molecule has 0 saturated heterocycles. The number of nitrogens with zero attached hydrogens (tertiary/aromatic N) is 2. The van der Waals surface area contributed by atoms with Crippen LogP contribution < -0.4 is 0 Å². The van der Waals surface area contributed by atoms with Crippen LogP contribution in [-0.4, -0.2) is 30.9 Å². The average molecular weight is 310 g/mol. The van der Waals surface area contributed by atoms with E-state index in [1.54, 1.807) is 36.4 Å². The lowest BCUT2D eigenvalue weighted by molar-refractivity contribution is -0.125. The molecule has 0 spiro atoms. The van der Waals surface area contributed by atoms with Crippen LogP contribution in [0, 0.1) is 17.1 Å². The molecule has 116 valence electrons. The van der Waals surface area contributed by atoms with Gasteiger partial charge in [0.2, 0.25) is 0 Å². The van der Waals surface area contributed by atoms with E-state index >= 15 is 0 Å². The Bertz CT molecular complexity index is 797. The van der Waals surface area contributed by atoms with Crippen LogP contribution in [-0.2, 0) is 9.53 Å². The lowest BCUT2D eigenvalue weighted by atomic mass is 9.81. The molecule has 5 heteroatoms. The maximum Gasteiger partial charge on any atom is 0.169 e. The summed E-state index contributed by atoms with van der Waals surface area (Å²) in [5.74, 6) is -0.356. The first-order valence-electron chi connectivity index (χ1n) is 7.17. The highest BCUT2D eigenvalue weighted by Gasteiger charge is 2.32. The topological polar surface area (TPSA) is 53.3 Å². The third kappa shape index (κ3) is 2.58. The Balaban J connectivity index is 2.21. The van der Waals surface area contributed by atoms with E-state index in [2.05, 4.69) is 6.07 Å². The molecule has 3 rings (SSSR count). The summed E-state index contributed by atoms with van der Waals surface area (Å²) in [6.07, 6.45) is 3.15. The van der Waals surface area contributed by atoms with Crippen molar-refractivity contribution in [2.45, 2.75) is 12.5 Å². The number of rotatable bonds is 2. The van der Waals surface area contributed by atoms with Crippen LogP contribution in [0.4, 0.5) is 4.39 Å². The highest BCUT2D eigenvalue weighted by Crippen LogP contribution is 2.40. The number of halogens is 1. The largest absolute Gasteiger partial charge is 0.370 e. The van der Waals surface area contributed by atoms with Crippen molar-refractivity contribution in [2.75, 3.05) is 14.2 Å². The molecule has 1 atom stereocenters. The fourth-order valence-corrected chi connectivity index (χ4v) is 2.94. The number of nitriles is 1. The second kappa shape index (κ2) is 5.82. The molecule has 1 aromatic rings. The summed E-state index contributed by atoms with van der Waals surface area (Å²) in [7, 11) is 3.24. The molecule has 1 aromatic carbocycles. The molecule has 0 amide bonds. The number of carbonyl (C=O) groups is 1. The summed E-state index contributed by atoms with van der Waals surface area (Å²) < 4.78 is 18.4. The van der Waals surface area contributed by atoms with Gasteiger partial charge < -0.3 is 9.64 Å². The second-order valence-electron chi connectivity index (χ2n) is 5.49. The van der Waals surface area contributed by atoms with Gasteiger partial charge in [-0.3, -0.25) is 4.79 Å². The molecule has 1 aliphatic carbocycles. The molecule has 23 heavy (non-hydrogen) atoms. The molecule has 0 saturated carbocycles. The molecule has 2 aliphatic rings. The average Bonchev–Trinajstić information content (AvgIpc) is 2.54. The number of ketones is 1. The van der Waals surface area contributed by atoms with Crippen molar-refractivity contribution in [1.29, 1.82) is 5.26 Å². The number of methoxy groups -OCH3 is 1. The van der Waals surface area contributed by atoms with Crippen molar-refractivity contribution >= 4 is 11.4 Å². The second-order valence-corrected chi connectivity index (χ2v) is 5.49. The highest BCUT2D eigenvalue weighted by atomic mass is 19.1. The Morgan fingerprint density at radius 1 is 1.35 bits per heavy atom. The summed E-state index contributed by atoms with van der Waals surface area (Å²) in [6.45, 7) is 0. The summed E-state index contributed by atoms with van der Waals surface area (Å²) in [5.41, 5.74) is 3.52. The van der Waals surface area contributed by atoms with Crippen LogP contribution in [0.3, 0.4) is 0 Å². The summed E-state index contributed by atoms with van der Waals surface area (Å²) >= 11 is 0. The van der Waals surface area contributed by atoms with Gasteiger partial charge in [-0.2, -0.15) is 5.26 Å². The molecular weight excluding hydrogens is 295 g/mol. The maximum absolute atomic E-state index is 13.2. The van der Waals surface area contributed by atoms with Gasteiger partial charge in [-0.25, -0.2) is 4.39 Å². The van der Waals surface area contributed by atoms with Crippen LogP contribution >= 0.6 is 0 Å². The molecule has 1 unspecified atom stereocenters. The number of fused-ring (bicyclic) bond motifs is 1. The van der Waals surface area contributed by atoms with Crippen LogP contribution in [0.1, 0.15) is 12.0 Å². The van der Waals surface area contributed by atoms with Gasteiger partial charge in [-0.1, -0.05) is 12.1 Å². The lowest BCUT2D eigenvalue weighted by Crippen LogP contribution is -2.29. The monoisotopic (exact) mass is 310 g/mol. The predicted octanol–water partition coefficient (Wildman–Crippen LogP) is 2.80. The SMILES string of the molecule is COC1C=C2C(=CN(C)C(C#N)=C2c2ccc(F)cc2)CC1=O. The zero-order chi connectivity index (χ0) is 16.6. The van der Waals surface area contributed by atoms with Crippen molar-refractivity contribution < 1.29 is 13.9 Å². The van der Waals surface area contributed by atoms with Crippen molar-refractivity contribution in [2.24, 2.45) is 0 Å². The summed E-state index contributed by atoms with van der Waals surface area (Å²) in [5, 5.41) is 9.53. The molecule has 4 nitrogen and oxygen atoms in total. The number of carbonyl (C=O) groups excluding carboxylic acids is 1. The van der Waals surface area contributed by atoms with E-state index in [0.29, 0.717) is 11.3 Å². The van der Waals surface area contributed by atoms with E-state index in [1.165, 1.54) is 19.2 Å². The number of hydrogen-bond acceptors (Lipinski definition) is 4. The fourth-order valence-electron chi connectivity index (χ4n) is 2.94. The van der Waals surface area contributed by atoms with Gasteiger partial charge in [0.05, 0.1) is 0 Å². The minimum Gasteiger partial charge on any atom is -0.370 e. The maximum atomic E-state index is 13.2. The van der Waals surface area contributed by atoms with Gasteiger partial charge in [0.25, 0.3) is 0 Å². The van der Waals surface area contributed by atoms with Gasteiger partial charge in [0.1, 0.15) is 23.7 Å². The molecular formula is C18H15FN2O2. The van der Waals surface area contributed by atoms with E-state index in [-0.39, 0.29) is 18.0 Å². The predicted molar refractivity (Wildman–Crippen MR) is 83.3 cm³/mol. The van der Waals surface area contributed by atoms with Gasteiger partial charge in [0.15, 0.2) is 5.78 Å². The fraction of sp³-hybridized carbons (Fsp3) is 0.222. The zero-order valence-corrected chi connectivity index (χ0v) is 12.8. The molecule has 0 fully saturated rings. The van der Waals surface area contributed by atoms with Crippen molar-refractivity contribution in [3.8, 4) is 6.07 Å². The first-order chi connectivity index (χ1) is 11.0. The highest BCUT2D eigenvalue weighted by molar-refractivity contribution is 5.97. The standard InChI is InChI=1S/C18H15FN2O2/c1-21-10-12-7-16(22)17(23-2)8-14(12)18(15(21)9-20)11-3-5-13(19)6-4-11/h3-6,8,10,17H,7H2,1-2H3. The summed E-state index contributed by atoms with van der Waals surface area (Å²) in [4.78, 5) is 13.8. The van der Waals surface area contributed by atoms with Crippen LogP contribution in [0.25, 0.3) is 5.57 Å². The zero-order valence-electron chi connectivity index (χ0n) is 12.8. The normalized spacial score (nSPS) is 20.7. The molecule has 0 radical (unpaired) electrons. The van der Waals surface area contributed by atoms with Gasteiger partial charge >= 0.3 is 0 Å². The van der Waals surface area contributed by atoms with Crippen molar-refractivity contribution in [3.63, 3.8) is 0 Å². The van der Waals surface area contributed by atoms with Gasteiger partial charge in [-0.05, 0) is 34.9 Å². The third-order valence-corrected chi connectivity index (χ3v) is 4.05. The van der Waals surface area contributed by atoms with Crippen molar-refractivity contribution in [3.05, 3.63) is 64.8 Å². The van der Waals surface area contributed by atoms with Gasteiger partial charge in [0, 0.05) is 32.4 Å². The minimum absolute atomic E-state index is 0.0187. The Morgan fingerprint density at radius 3 is 2.65 bits per heavy atom. The van der Waals surface area contributed by atoms with Crippen molar-refractivity contribution in [1.82, 2.24) is 4.90 Å². The molecule has 1 aliphatic heterocycles. The smallest absolute Gasteiger partial charge is 0.169 e. The first kappa shape index (κ1) is 15.2. The number of Topliss-reactive ketones (excluding diaryl/α,β-unsaturated/α-hetero) is 1. The number of hydrogen-bond donors (Lipinski definition) is 0. The summed E-state index contributed by atoms with van der Waals surface area (Å²) in [6, 6.07) is 8.19. The molecule has 0 aromatic heterocycles. The van der Waals surface area contributed by atoms with E-state index in [1.807, 2.05) is 0 Å². The first-order valence-corrected chi connectivity index (χ1v) is 7.17. The van der Waals surface area contributed by atoms with E-state index < -0.39 is 6.10 Å². The Hall–Kier alpha value is -2.71.